The van der Waals surface area contributed by atoms with Crippen molar-refractivity contribution in [2.75, 3.05) is 0 Å². The third-order valence-electron chi connectivity index (χ3n) is 1.84. The molecule has 0 unspecified atom stereocenters. The van der Waals surface area contributed by atoms with Crippen LogP contribution in [0, 0.1) is 37.0 Å². The maximum atomic E-state index is 11.0. The molecule has 0 saturated heterocycles. The molecular formula is C13H5ClO. The van der Waals surface area contributed by atoms with Crippen molar-refractivity contribution in [3.05, 3.63) is 34.4 Å². The molecule has 0 bridgehead atoms. The summed E-state index contributed by atoms with van der Waals surface area (Å²) in [5.41, 5.74) is 1.46. The first kappa shape index (κ1) is 10.9. The van der Waals surface area contributed by atoms with Crippen LogP contribution in [0.5, 0.6) is 0 Å². The van der Waals surface area contributed by atoms with E-state index in [1.165, 1.54) is 12.1 Å². The third kappa shape index (κ3) is 2.03. The van der Waals surface area contributed by atoms with Crippen LogP contribution in [-0.2, 0) is 0 Å². The highest BCUT2D eigenvalue weighted by Crippen LogP contribution is 2.17. The van der Waals surface area contributed by atoms with E-state index in [-0.39, 0.29) is 5.56 Å². The molecule has 0 spiro atoms. The molecular weight excluding hydrogens is 208 g/mol. The Labute approximate surface area is 93.4 Å². The fourth-order valence-electron chi connectivity index (χ4n) is 1.12. The molecule has 1 rings (SSSR count). The lowest BCUT2D eigenvalue weighted by molar-refractivity contribution is 0.108. The van der Waals surface area contributed by atoms with Gasteiger partial charge in [0.15, 0.2) is 0 Å². The minimum Gasteiger partial charge on any atom is -0.276 e. The minimum atomic E-state index is -0.650. The predicted molar refractivity (Wildman–Crippen MR) is 60.4 cm³/mol. The molecule has 0 fully saturated rings. The van der Waals surface area contributed by atoms with Crippen molar-refractivity contribution in [3.8, 4) is 37.0 Å². The van der Waals surface area contributed by atoms with Crippen molar-refractivity contribution in [1.82, 2.24) is 0 Å². The van der Waals surface area contributed by atoms with E-state index in [0.29, 0.717) is 16.7 Å². The van der Waals surface area contributed by atoms with E-state index in [9.17, 15) is 4.79 Å². The largest absolute Gasteiger partial charge is 0.276 e. The molecule has 0 aliphatic carbocycles. The molecule has 1 aromatic carbocycles. The maximum Gasteiger partial charge on any atom is 0.253 e. The summed E-state index contributed by atoms with van der Waals surface area (Å²) in [7, 11) is 0. The van der Waals surface area contributed by atoms with Crippen LogP contribution >= 0.6 is 11.6 Å². The first-order valence-corrected chi connectivity index (χ1v) is 4.29. The van der Waals surface area contributed by atoms with Gasteiger partial charge in [-0.15, -0.1) is 19.3 Å². The molecule has 0 aliphatic rings. The Bertz CT molecular complexity index is 548. The highest BCUT2D eigenvalue weighted by Gasteiger charge is 2.11. The molecule has 2 heteroatoms. The maximum absolute atomic E-state index is 11.0. The Morgan fingerprint density at radius 1 is 1.00 bits per heavy atom. The zero-order valence-electron chi connectivity index (χ0n) is 7.67. The Kier molecular flexibility index (Phi) is 3.20. The summed E-state index contributed by atoms with van der Waals surface area (Å²) in [6, 6.07) is 2.94. The quantitative estimate of drug-likeness (QED) is 0.514. The number of carbonyl (C=O) groups is 1. The molecule has 0 saturated carbocycles. The van der Waals surface area contributed by atoms with Crippen LogP contribution in [0.2, 0.25) is 0 Å². The van der Waals surface area contributed by atoms with Crippen LogP contribution in [0.3, 0.4) is 0 Å². The van der Waals surface area contributed by atoms with E-state index in [2.05, 4.69) is 17.8 Å². The fourth-order valence-corrected chi connectivity index (χ4v) is 1.28. The van der Waals surface area contributed by atoms with Crippen LogP contribution in [0.15, 0.2) is 12.1 Å². The third-order valence-corrected chi connectivity index (χ3v) is 2.04. The molecule has 0 atom stereocenters. The van der Waals surface area contributed by atoms with Crippen molar-refractivity contribution in [3.63, 3.8) is 0 Å². The fraction of sp³-hybridized carbons (Fsp3) is 0. The minimum absolute atomic E-state index is 0.200. The summed E-state index contributed by atoms with van der Waals surface area (Å²) in [5.74, 6) is 7.10. The zero-order chi connectivity index (χ0) is 11.4. The van der Waals surface area contributed by atoms with Gasteiger partial charge >= 0.3 is 0 Å². The summed E-state index contributed by atoms with van der Waals surface area (Å²) in [6.07, 6.45) is 15.7. The number of rotatable bonds is 1. The Hall–Kier alpha value is -2.14. The van der Waals surface area contributed by atoms with Crippen LogP contribution in [0.25, 0.3) is 0 Å². The van der Waals surface area contributed by atoms with E-state index in [1.807, 2.05) is 0 Å². The van der Waals surface area contributed by atoms with E-state index in [1.54, 1.807) is 0 Å². The second-order valence-corrected chi connectivity index (χ2v) is 2.99. The van der Waals surface area contributed by atoms with Gasteiger partial charge in [0.1, 0.15) is 0 Å². The molecule has 0 radical (unpaired) electrons. The van der Waals surface area contributed by atoms with Crippen molar-refractivity contribution in [2.24, 2.45) is 0 Å². The number of hydrogen-bond donors (Lipinski definition) is 0. The molecule has 15 heavy (non-hydrogen) atoms. The summed E-state index contributed by atoms with van der Waals surface area (Å²) < 4.78 is 0. The molecule has 0 heterocycles. The monoisotopic (exact) mass is 212 g/mol. The number of benzene rings is 1. The lowest BCUT2D eigenvalue weighted by Crippen LogP contribution is -1.97. The number of carbonyl (C=O) groups excluding carboxylic acids is 1. The lowest BCUT2D eigenvalue weighted by atomic mass is 10.00. The van der Waals surface area contributed by atoms with Crippen LogP contribution < -0.4 is 0 Å². The molecule has 70 valence electrons. The first-order valence-electron chi connectivity index (χ1n) is 3.91. The molecule has 0 aromatic heterocycles. The van der Waals surface area contributed by atoms with E-state index < -0.39 is 5.24 Å². The highest BCUT2D eigenvalue weighted by atomic mass is 35.5. The van der Waals surface area contributed by atoms with Gasteiger partial charge in [0.25, 0.3) is 5.24 Å². The number of hydrogen-bond acceptors (Lipinski definition) is 1. The summed E-state index contributed by atoms with van der Waals surface area (Å²) >= 11 is 5.36. The van der Waals surface area contributed by atoms with Gasteiger partial charge in [-0.25, -0.2) is 0 Å². The van der Waals surface area contributed by atoms with Gasteiger partial charge < -0.3 is 0 Å². The van der Waals surface area contributed by atoms with E-state index >= 15 is 0 Å². The molecule has 0 N–H and O–H groups in total. The van der Waals surface area contributed by atoms with E-state index in [0.717, 1.165) is 0 Å². The van der Waals surface area contributed by atoms with Gasteiger partial charge in [-0.2, -0.15) is 0 Å². The SMILES string of the molecule is C#Cc1cc(C#C)c(C(=O)Cl)cc1C#C. The Morgan fingerprint density at radius 3 is 1.87 bits per heavy atom. The van der Waals surface area contributed by atoms with Gasteiger partial charge in [-0.1, -0.05) is 17.8 Å². The summed E-state index contributed by atoms with van der Waals surface area (Å²) in [4.78, 5) is 11.0. The van der Waals surface area contributed by atoms with Gasteiger partial charge in [-0.3, -0.25) is 4.79 Å². The molecule has 0 aliphatic heterocycles. The summed E-state index contributed by atoms with van der Waals surface area (Å²) in [6.45, 7) is 0. The Balaban J connectivity index is 3.61. The van der Waals surface area contributed by atoms with Crippen LogP contribution in [0.1, 0.15) is 27.0 Å². The van der Waals surface area contributed by atoms with Gasteiger partial charge in [0, 0.05) is 16.7 Å². The van der Waals surface area contributed by atoms with Gasteiger partial charge in [-0.05, 0) is 23.7 Å². The van der Waals surface area contributed by atoms with Gasteiger partial charge in [0.05, 0.1) is 5.56 Å². The summed E-state index contributed by atoms with van der Waals surface area (Å²) in [5, 5.41) is -0.650. The molecule has 0 amide bonds. The number of terminal acetylenes is 3. The highest BCUT2D eigenvalue weighted by molar-refractivity contribution is 6.68. The van der Waals surface area contributed by atoms with Crippen molar-refractivity contribution < 1.29 is 4.79 Å². The normalized spacial score (nSPS) is 8.40. The van der Waals surface area contributed by atoms with E-state index in [4.69, 9.17) is 30.9 Å². The van der Waals surface area contributed by atoms with Crippen molar-refractivity contribution in [2.45, 2.75) is 0 Å². The smallest absolute Gasteiger partial charge is 0.253 e. The van der Waals surface area contributed by atoms with Crippen LogP contribution in [0.4, 0.5) is 0 Å². The molecule has 1 nitrogen and oxygen atoms in total. The number of halogens is 1. The molecule has 1 aromatic rings. The standard InChI is InChI=1S/C13H5ClO/c1-4-9-7-11(6-3)12(13(14)15)8-10(9)5-2/h1-3,7-8H. The topological polar surface area (TPSA) is 17.1 Å². The first-order chi connectivity index (χ1) is 7.13. The second-order valence-electron chi connectivity index (χ2n) is 2.65. The average molecular weight is 213 g/mol. The van der Waals surface area contributed by atoms with Crippen LogP contribution in [-0.4, -0.2) is 5.24 Å². The van der Waals surface area contributed by atoms with Gasteiger partial charge in [0.2, 0.25) is 0 Å². The Morgan fingerprint density at radius 2 is 1.47 bits per heavy atom. The van der Waals surface area contributed by atoms with Crippen molar-refractivity contribution in [1.29, 1.82) is 0 Å². The zero-order valence-corrected chi connectivity index (χ0v) is 8.43. The van der Waals surface area contributed by atoms with Crippen molar-refractivity contribution >= 4 is 16.8 Å². The second kappa shape index (κ2) is 4.39. The lowest BCUT2D eigenvalue weighted by Gasteiger charge is -2.03. The predicted octanol–water partition coefficient (Wildman–Crippen LogP) is 2.01. The average Bonchev–Trinajstić information content (AvgIpc) is 2.26.